The first-order chi connectivity index (χ1) is 7.20. The summed E-state index contributed by atoms with van der Waals surface area (Å²) >= 11 is 0. The van der Waals surface area contributed by atoms with Crippen molar-refractivity contribution in [3.8, 4) is 11.4 Å². The molecule has 0 radical (unpaired) electrons. The van der Waals surface area contributed by atoms with Gasteiger partial charge in [-0.3, -0.25) is 15.1 Å². The van der Waals surface area contributed by atoms with Crippen LogP contribution >= 0.6 is 0 Å². The van der Waals surface area contributed by atoms with Crippen LogP contribution in [0, 0.1) is 10.1 Å². The first-order valence-electron chi connectivity index (χ1n) is 4.01. The molecule has 0 unspecified atom stereocenters. The summed E-state index contributed by atoms with van der Waals surface area (Å²) in [5.41, 5.74) is 5.32. The van der Waals surface area contributed by atoms with Crippen LogP contribution in [0.5, 0.6) is 0 Å². The number of hydrogen-bond acceptors (Lipinski definition) is 6. The normalized spacial score (nSPS) is 10.1. The molecule has 2 heterocycles. The molecule has 2 aromatic rings. The summed E-state index contributed by atoms with van der Waals surface area (Å²) in [7, 11) is 0. The Morgan fingerprint density at radius 3 is 2.87 bits per heavy atom. The third kappa shape index (κ3) is 1.50. The Morgan fingerprint density at radius 2 is 2.27 bits per heavy atom. The Hall–Kier alpha value is -2.44. The van der Waals surface area contributed by atoms with Crippen molar-refractivity contribution in [1.29, 1.82) is 0 Å². The lowest BCUT2D eigenvalue weighted by Gasteiger charge is -1.92. The maximum atomic E-state index is 10.7. The van der Waals surface area contributed by atoms with Gasteiger partial charge >= 0.3 is 11.6 Å². The summed E-state index contributed by atoms with van der Waals surface area (Å²) in [5.74, 6) is -0.319. The van der Waals surface area contributed by atoms with Crippen molar-refractivity contribution in [2.75, 3.05) is 5.73 Å². The highest BCUT2D eigenvalue weighted by molar-refractivity contribution is 5.72. The van der Waals surface area contributed by atoms with E-state index in [1.54, 1.807) is 18.2 Å². The molecular weight excluding hydrogens is 200 g/mol. The van der Waals surface area contributed by atoms with E-state index < -0.39 is 4.92 Å². The minimum Gasteiger partial charge on any atom is -0.362 e. The van der Waals surface area contributed by atoms with Gasteiger partial charge in [0.1, 0.15) is 0 Å². The smallest absolute Gasteiger partial charge is 0.362 e. The summed E-state index contributed by atoms with van der Waals surface area (Å²) in [6.07, 6.45) is 1.50. The highest BCUT2D eigenvalue weighted by Crippen LogP contribution is 2.32. The Balaban J connectivity index is 2.59. The van der Waals surface area contributed by atoms with Crippen molar-refractivity contribution in [2.45, 2.75) is 0 Å². The van der Waals surface area contributed by atoms with Crippen LogP contribution in [0.1, 0.15) is 0 Å². The second-order valence-electron chi connectivity index (χ2n) is 2.72. The number of nitrogen functional groups attached to an aromatic ring is 1. The lowest BCUT2D eigenvalue weighted by atomic mass is 10.2. The predicted molar refractivity (Wildman–Crippen MR) is 50.8 cm³/mol. The molecule has 0 saturated heterocycles. The van der Waals surface area contributed by atoms with Crippen LogP contribution in [0.25, 0.3) is 11.4 Å². The number of anilines is 1. The molecule has 0 aromatic carbocycles. The Bertz CT molecular complexity index is 494. The van der Waals surface area contributed by atoms with E-state index in [0.717, 1.165) is 0 Å². The molecular formula is C8H6N4O3. The number of hydrogen-bond donors (Lipinski definition) is 1. The van der Waals surface area contributed by atoms with E-state index in [-0.39, 0.29) is 17.3 Å². The van der Waals surface area contributed by atoms with Crippen LogP contribution in [0.4, 0.5) is 11.6 Å². The van der Waals surface area contributed by atoms with Gasteiger partial charge in [0.15, 0.2) is 0 Å². The number of rotatable bonds is 2. The monoisotopic (exact) mass is 206 g/mol. The van der Waals surface area contributed by atoms with Crippen molar-refractivity contribution in [1.82, 2.24) is 10.1 Å². The fraction of sp³-hybridized carbons (Fsp3) is 0. The van der Waals surface area contributed by atoms with Crippen LogP contribution < -0.4 is 5.73 Å². The lowest BCUT2D eigenvalue weighted by molar-refractivity contribution is -0.383. The van der Waals surface area contributed by atoms with Gasteiger partial charge in [-0.25, -0.2) is 0 Å². The molecule has 7 nitrogen and oxygen atoms in total. The molecule has 15 heavy (non-hydrogen) atoms. The highest BCUT2D eigenvalue weighted by atomic mass is 16.6. The van der Waals surface area contributed by atoms with Crippen LogP contribution in [0.15, 0.2) is 28.9 Å². The average molecular weight is 206 g/mol. The van der Waals surface area contributed by atoms with E-state index >= 15 is 0 Å². The summed E-state index contributed by atoms with van der Waals surface area (Å²) in [6, 6.07) is 4.97. The van der Waals surface area contributed by atoms with Gasteiger partial charge in [-0.2, -0.15) is 0 Å². The number of nitro groups is 1. The number of pyridine rings is 1. The van der Waals surface area contributed by atoms with Gasteiger partial charge in [0.25, 0.3) is 0 Å². The Labute approximate surface area is 83.7 Å². The maximum absolute atomic E-state index is 10.7. The molecule has 2 N–H and O–H groups in total. The summed E-state index contributed by atoms with van der Waals surface area (Å²) in [6.45, 7) is 0. The molecule has 0 aliphatic carbocycles. The second kappa shape index (κ2) is 3.37. The van der Waals surface area contributed by atoms with Crippen molar-refractivity contribution in [3.05, 3.63) is 34.5 Å². The summed E-state index contributed by atoms with van der Waals surface area (Å²) in [5, 5.41) is 14.2. The molecule has 0 aliphatic heterocycles. The molecule has 7 heteroatoms. The van der Waals surface area contributed by atoms with Crippen LogP contribution in [0.3, 0.4) is 0 Å². The van der Waals surface area contributed by atoms with E-state index in [4.69, 9.17) is 5.73 Å². The first-order valence-corrected chi connectivity index (χ1v) is 4.01. The van der Waals surface area contributed by atoms with Gasteiger partial charge < -0.3 is 10.3 Å². The zero-order chi connectivity index (χ0) is 10.8. The first kappa shape index (κ1) is 9.13. The van der Waals surface area contributed by atoms with Crippen LogP contribution in [0.2, 0.25) is 0 Å². The SMILES string of the molecule is Nc1onc(-c2ccccn2)c1[N+](=O)[O-]. The zero-order valence-electron chi connectivity index (χ0n) is 7.45. The topological polar surface area (TPSA) is 108 Å². The summed E-state index contributed by atoms with van der Waals surface area (Å²) in [4.78, 5) is 14.0. The van der Waals surface area contributed by atoms with Gasteiger partial charge in [0, 0.05) is 6.20 Å². The van der Waals surface area contributed by atoms with Gasteiger partial charge in [0.05, 0.1) is 10.6 Å². The standard InChI is InChI=1S/C8H6N4O3/c9-8-7(12(13)14)6(11-15-8)5-3-1-2-4-10-5/h1-4H,9H2. The van der Waals surface area contributed by atoms with E-state index in [9.17, 15) is 10.1 Å². The molecule has 2 aromatic heterocycles. The minimum atomic E-state index is -0.643. The fourth-order valence-electron chi connectivity index (χ4n) is 1.15. The van der Waals surface area contributed by atoms with Gasteiger partial charge in [-0.1, -0.05) is 11.2 Å². The second-order valence-corrected chi connectivity index (χ2v) is 2.72. The average Bonchev–Trinajstić information content (AvgIpc) is 2.61. The summed E-state index contributed by atoms with van der Waals surface area (Å²) < 4.78 is 4.56. The molecule has 76 valence electrons. The van der Waals surface area contributed by atoms with Gasteiger partial charge in [-0.15, -0.1) is 0 Å². The van der Waals surface area contributed by atoms with Crippen molar-refractivity contribution < 1.29 is 9.45 Å². The maximum Gasteiger partial charge on any atom is 0.362 e. The predicted octanol–water partition coefficient (Wildman–Crippen LogP) is 1.23. The zero-order valence-corrected chi connectivity index (χ0v) is 7.45. The van der Waals surface area contributed by atoms with E-state index in [0.29, 0.717) is 5.69 Å². The van der Waals surface area contributed by atoms with Crippen LogP contribution in [-0.2, 0) is 0 Å². The molecule has 0 fully saturated rings. The lowest BCUT2D eigenvalue weighted by Crippen LogP contribution is -1.94. The van der Waals surface area contributed by atoms with E-state index in [1.165, 1.54) is 6.20 Å². The van der Waals surface area contributed by atoms with Gasteiger partial charge in [-0.05, 0) is 12.1 Å². The third-order valence-electron chi connectivity index (χ3n) is 1.78. The number of nitrogens with zero attached hydrogens (tertiary/aromatic N) is 3. The molecule has 0 saturated carbocycles. The quantitative estimate of drug-likeness (QED) is 0.584. The molecule has 0 atom stereocenters. The fourth-order valence-corrected chi connectivity index (χ4v) is 1.15. The largest absolute Gasteiger partial charge is 0.362 e. The van der Waals surface area contributed by atoms with Crippen molar-refractivity contribution >= 4 is 11.6 Å². The molecule has 2 rings (SSSR count). The number of aromatic nitrogens is 2. The van der Waals surface area contributed by atoms with E-state index in [2.05, 4.69) is 14.7 Å². The Morgan fingerprint density at radius 1 is 1.47 bits per heavy atom. The molecule has 0 aliphatic rings. The van der Waals surface area contributed by atoms with Crippen molar-refractivity contribution in [2.24, 2.45) is 0 Å². The van der Waals surface area contributed by atoms with E-state index in [1.807, 2.05) is 0 Å². The van der Waals surface area contributed by atoms with Crippen LogP contribution in [-0.4, -0.2) is 15.1 Å². The Kier molecular flexibility index (Phi) is 2.05. The number of nitrogens with two attached hydrogens (primary N) is 1. The highest BCUT2D eigenvalue weighted by Gasteiger charge is 2.26. The van der Waals surface area contributed by atoms with Crippen molar-refractivity contribution in [3.63, 3.8) is 0 Å². The van der Waals surface area contributed by atoms with Gasteiger partial charge in [0.2, 0.25) is 5.69 Å². The molecule has 0 amide bonds. The minimum absolute atomic E-state index is 0.0399. The molecule has 0 spiro atoms. The molecule has 0 bridgehead atoms. The third-order valence-corrected chi connectivity index (χ3v) is 1.78.